The third-order valence-corrected chi connectivity index (χ3v) is 5.43. The first kappa shape index (κ1) is 16.7. The predicted octanol–water partition coefficient (Wildman–Crippen LogP) is 4.94. The highest BCUT2D eigenvalue weighted by Crippen LogP contribution is 2.48. The molecule has 0 N–H and O–H groups in total. The van der Waals surface area contributed by atoms with E-state index in [0.717, 1.165) is 11.1 Å². The minimum atomic E-state index is -3.40. The van der Waals surface area contributed by atoms with Gasteiger partial charge in [0.25, 0.3) is 0 Å². The number of benzene rings is 3. The van der Waals surface area contributed by atoms with Gasteiger partial charge in [-0.3, -0.25) is 4.57 Å². The Morgan fingerprint density at radius 3 is 1.38 bits per heavy atom. The zero-order chi connectivity index (χ0) is 16.7. The number of rotatable bonds is 7. The van der Waals surface area contributed by atoms with Gasteiger partial charge in [0.1, 0.15) is 0 Å². The molecule has 0 aromatic heterocycles. The van der Waals surface area contributed by atoms with Gasteiger partial charge in [-0.25, -0.2) is 0 Å². The van der Waals surface area contributed by atoms with Crippen LogP contribution < -0.4 is 5.30 Å². The summed E-state index contributed by atoms with van der Waals surface area (Å²) in [6.45, 7) is 0.476. The summed E-state index contributed by atoms with van der Waals surface area (Å²) < 4.78 is 24.8. The average molecular weight is 338 g/mol. The monoisotopic (exact) mass is 338 g/mol. The lowest BCUT2D eigenvalue weighted by molar-refractivity contribution is 0.200. The van der Waals surface area contributed by atoms with Crippen molar-refractivity contribution in [3.8, 4) is 0 Å². The molecular weight excluding hydrogens is 319 g/mol. The molecule has 0 radical (unpaired) electrons. The molecule has 24 heavy (non-hydrogen) atoms. The third kappa shape index (κ3) is 4.42. The van der Waals surface area contributed by atoms with Crippen LogP contribution in [0, 0.1) is 0 Å². The maximum atomic E-state index is 13.3. The van der Waals surface area contributed by atoms with E-state index in [-0.39, 0.29) is 13.2 Å². The Kier molecular flexibility index (Phi) is 5.60. The van der Waals surface area contributed by atoms with Gasteiger partial charge in [-0.1, -0.05) is 78.9 Å². The zero-order valence-corrected chi connectivity index (χ0v) is 14.1. The lowest BCUT2D eigenvalue weighted by Gasteiger charge is -2.19. The van der Waals surface area contributed by atoms with Crippen LogP contribution in [0.1, 0.15) is 11.1 Å². The summed E-state index contributed by atoms with van der Waals surface area (Å²) in [6, 6.07) is 28.4. The number of hydrogen-bond donors (Lipinski definition) is 0. The topological polar surface area (TPSA) is 35.5 Å². The molecule has 3 aromatic carbocycles. The van der Waals surface area contributed by atoms with Crippen molar-refractivity contribution >= 4 is 12.9 Å². The standard InChI is InChI=1S/C20H19O3P/c21-24(20-14-8-3-9-15-20,22-16-18-10-4-1-5-11-18)23-17-19-12-6-2-7-13-19/h1-15H,16-17H2. The van der Waals surface area contributed by atoms with E-state index in [2.05, 4.69) is 0 Å². The molecule has 4 heteroatoms. The Morgan fingerprint density at radius 2 is 0.958 bits per heavy atom. The summed E-state index contributed by atoms with van der Waals surface area (Å²) in [4.78, 5) is 0. The molecular formula is C20H19O3P. The van der Waals surface area contributed by atoms with Crippen LogP contribution in [0.4, 0.5) is 0 Å². The van der Waals surface area contributed by atoms with E-state index in [9.17, 15) is 4.57 Å². The van der Waals surface area contributed by atoms with Crippen molar-refractivity contribution in [3.05, 3.63) is 102 Å². The van der Waals surface area contributed by atoms with Crippen LogP contribution in [0.25, 0.3) is 0 Å². The van der Waals surface area contributed by atoms with Crippen molar-refractivity contribution in [3.63, 3.8) is 0 Å². The molecule has 0 aliphatic carbocycles. The second-order valence-electron chi connectivity index (χ2n) is 5.35. The van der Waals surface area contributed by atoms with Crippen LogP contribution in [0.3, 0.4) is 0 Å². The fourth-order valence-electron chi connectivity index (χ4n) is 2.26. The van der Waals surface area contributed by atoms with Gasteiger partial charge in [0, 0.05) is 0 Å². The fourth-order valence-corrected chi connectivity index (χ4v) is 3.81. The molecule has 0 unspecified atom stereocenters. The van der Waals surface area contributed by atoms with E-state index in [1.165, 1.54) is 0 Å². The molecule has 0 heterocycles. The molecule has 0 aliphatic rings. The molecule has 3 rings (SSSR count). The Balaban J connectivity index is 1.77. The minimum absolute atomic E-state index is 0.238. The van der Waals surface area contributed by atoms with Gasteiger partial charge < -0.3 is 9.05 Å². The first-order valence-corrected chi connectivity index (χ1v) is 9.33. The van der Waals surface area contributed by atoms with E-state index in [1.54, 1.807) is 12.1 Å². The van der Waals surface area contributed by atoms with Gasteiger partial charge in [-0.05, 0) is 23.3 Å². The van der Waals surface area contributed by atoms with Crippen molar-refractivity contribution in [1.82, 2.24) is 0 Å². The molecule has 0 saturated heterocycles. The SMILES string of the molecule is O=P(OCc1ccccc1)(OCc1ccccc1)c1ccccc1. The highest BCUT2D eigenvalue weighted by Gasteiger charge is 2.27. The molecule has 0 fully saturated rings. The fraction of sp³-hybridized carbons (Fsp3) is 0.100. The molecule has 0 bridgehead atoms. The second kappa shape index (κ2) is 8.07. The average Bonchev–Trinajstić information content (AvgIpc) is 2.67. The Bertz CT molecular complexity index is 741. The van der Waals surface area contributed by atoms with E-state index in [4.69, 9.17) is 9.05 Å². The van der Waals surface area contributed by atoms with E-state index in [0.29, 0.717) is 5.30 Å². The Morgan fingerprint density at radius 1 is 0.583 bits per heavy atom. The van der Waals surface area contributed by atoms with Crippen molar-refractivity contribution in [2.75, 3.05) is 0 Å². The zero-order valence-electron chi connectivity index (χ0n) is 13.2. The largest absolute Gasteiger partial charge is 0.361 e. The van der Waals surface area contributed by atoms with Gasteiger partial charge in [-0.2, -0.15) is 0 Å². The van der Waals surface area contributed by atoms with Crippen LogP contribution in [0.2, 0.25) is 0 Å². The Labute approximate surface area is 142 Å². The summed E-state index contributed by atoms with van der Waals surface area (Å²) in [5, 5.41) is 0.567. The van der Waals surface area contributed by atoms with Crippen LogP contribution in [0.5, 0.6) is 0 Å². The van der Waals surface area contributed by atoms with Gasteiger partial charge in [0.2, 0.25) is 0 Å². The summed E-state index contributed by atoms with van der Waals surface area (Å²) in [6.07, 6.45) is 0. The quantitative estimate of drug-likeness (QED) is 0.573. The van der Waals surface area contributed by atoms with Crippen molar-refractivity contribution in [1.29, 1.82) is 0 Å². The van der Waals surface area contributed by atoms with E-state index >= 15 is 0 Å². The molecule has 0 aliphatic heterocycles. The van der Waals surface area contributed by atoms with Gasteiger partial charge in [-0.15, -0.1) is 0 Å². The molecule has 0 saturated carbocycles. The molecule has 0 atom stereocenters. The highest BCUT2D eigenvalue weighted by atomic mass is 31.2. The first-order chi connectivity index (χ1) is 11.8. The molecule has 0 amide bonds. The highest BCUT2D eigenvalue weighted by molar-refractivity contribution is 7.62. The summed E-state index contributed by atoms with van der Waals surface area (Å²) in [5.41, 5.74) is 1.91. The summed E-state index contributed by atoms with van der Waals surface area (Å²) >= 11 is 0. The van der Waals surface area contributed by atoms with Crippen LogP contribution >= 0.6 is 7.60 Å². The normalized spacial score (nSPS) is 11.3. The molecule has 122 valence electrons. The Hall–Kier alpha value is -2.19. The van der Waals surface area contributed by atoms with E-state index < -0.39 is 7.60 Å². The van der Waals surface area contributed by atoms with Crippen LogP contribution in [0.15, 0.2) is 91.0 Å². The lowest BCUT2D eigenvalue weighted by atomic mass is 10.2. The summed E-state index contributed by atoms with van der Waals surface area (Å²) in [5.74, 6) is 0. The van der Waals surface area contributed by atoms with Gasteiger partial charge >= 0.3 is 7.60 Å². The maximum absolute atomic E-state index is 13.3. The lowest BCUT2D eigenvalue weighted by Crippen LogP contribution is -2.10. The number of hydrogen-bond acceptors (Lipinski definition) is 3. The van der Waals surface area contributed by atoms with Crippen molar-refractivity contribution in [2.24, 2.45) is 0 Å². The smallest absolute Gasteiger partial charge is 0.300 e. The van der Waals surface area contributed by atoms with Gasteiger partial charge in [0.05, 0.1) is 18.5 Å². The van der Waals surface area contributed by atoms with Crippen molar-refractivity contribution < 1.29 is 13.6 Å². The molecule has 3 nitrogen and oxygen atoms in total. The summed E-state index contributed by atoms with van der Waals surface area (Å²) in [7, 11) is -3.40. The second-order valence-corrected chi connectivity index (χ2v) is 7.38. The van der Waals surface area contributed by atoms with Crippen LogP contribution in [-0.4, -0.2) is 0 Å². The molecule has 3 aromatic rings. The van der Waals surface area contributed by atoms with Crippen LogP contribution in [-0.2, 0) is 26.8 Å². The molecule has 0 spiro atoms. The minimum Gasteiger partial charge on any atom is -0.300 e. The van der Waals surface area contributed by atoms with Gasteiger partial charge in [0.15, 0.2) is 0 Å². The first-order valence-electron chi connectivity index (χ1n) is 7.79. The van der Waals surface area contributed by atoms with Crippen molar-refractivity contribution in [2.45, 2.75) is 13.2 Å². The maximum Gasteiger partial charge on any atom is 0.361 e. The van der Waals surface area contributed by atoms with E-state index in [1.807, 2.05) is 78.9 Å². The predicted molar refractivity (Wildman–Crippen MR) is 96.1 cm³/mol. The third-order valence-electron chi connectivity index (χ3n) is 3.56.